The Labute approximate surface area is 174 Å². The van der Waals surface area contributed by atoms with Gasteiger partial charge in [0.25, 0.3) is 0 Å². The minimum atomic E-state index is -0.766. The maximum absolute atomic E-state index is 12.8. The number of ether oxygens (including phenoxy) is 3. The Morgan fingerprint density at radius 3 is 2.96 bits per heavy atom. The van der Waals surface area contributed by atoms with Gasteiger partial charge in [-0.3, -0.25) is 4.79 Å². The van der Waals surface area contributed by atoms with Crippen LogP contribution in [0.5, 0.6) is 0 Å². The molecule has 2 aromatic rings. The Bertz CT molecular complexity index is 966. The quantitative estimate of drug-likeness (QED) is 0.275. The lowest BCUT2D eigenvalue weighted by Crippen LogP contribution is -2.36. The Kier molecular flexibility index (Phi) is 3.83. The molecule has 3 aliphatic rings. The number of rotatable bonds is 3. The molecule has 2 saturated carbocycles. The SMILES string of the molecule is CCOC(=O)[C@]12C[C@H]1[C@H](n1cnc3c(Cl)nc(I)nc31)[C@H]1OC(C)(C)O[C@H]12. The predicted octanol–water partition coefficient (Wildman–Crippen LogP) is 2.73. The van der Waals surface area contributed by atoms with Crippen molar-refractivity contribution in [2.24, 2.45) is 11.3 Å². The molecule has 3 fully saturated rings. The summed E-state index contributed by atoms with van der Waals surface area (Å²) in [6, 6.07) is -0.132. The first-order valence-corrected chi connectivity index (χ1v) is 10.3. The lowest BCUT2D eigenvalue weighted by Gasteiger charge is -2.24. The summed E-state index contributed by atoms with van der Waals surface area (Å²) in [5.41, 5.74) is 0.517. The molecule has 1 aliphatic heterocycles. The Balaban J connectivity index is 1.63. The van der Waals surface area contributed by atoms with Gasteiger partial charge >= 0.3 is 5.97 Å². The van der Waals surface area contributed by atoms with Gasteiger partial charge in [-0.1, -0.05) is 11.6 Å². The van der Waals surface area contributed by atoms with Crippen LogP contribution in [-0.4, -0.2) is 50.1 Å². The standard InChI is InChI=1S/C17H18ClIN4O4/c1-4-25-14(24)17-5-7(17)9(10-11(17)27-16(2,3)26-10)23-6-20-8-12(18)21-15(19)22-13(8)23/h6-7,9-11H,4-5H2,1-3H3/t7-,9-,10+,11+,17+/m0/s1. The second-order valence-electron chi connectivity index (χ2n) is 7.69. The highest BCUT2D eigenvalue weighted by molar-refractivity contribution is 14.1. The Morgan fingerprint density at radius 1 is 1.44 bits per heavy atom. The van der Waals surface area contributed by atoms with E-state index < -0.39 is 11.2 Å². The zero-order chi connectivity index (χ0) is 19.1. The van der Waals surface area contributed by atoms with Crippen molar-refractivity contribution < 1.29 is 19.0 Å². The largest absolute Gasteiger partial charge is 0.465 e. The fourth-order valence-electron chi connectivity index (χ4n) is 4.77. The van der Waals surface area contributed by atoms with Crippen LogP contribution in [0.3, 0.4) is 0 Å². The van der Waals surface area contributed by atoms with Crippen LogP contribution in [0.25, 0.3) is 11.2 Å². The summed E-state index contributed by atoms with van der Waals surface area (Å²) in [4.78, 5) is 25.9. The third-order valence-corrected chi connectivity index (χ3v) is 6.52. The minimum Gasteiger partial charge on any atom is -0.465 e. The summed E-state index contributed by atoms with van der Waals surface area (Å²) in [6.45, 7) is 5.89. The number of esters is 1. The summed E-state index contributed by atoms with van der Waals surface area (Å²) in [7, 11) is 0. The first-order valence-electron chi connectivity index (χ1n) is 8.87. The average Bonchev–Trinajstić information content (AvgIpc) is 2.90. The zero-order valence-electron chi connectivity index (χ0n) is 15.0. The van der Waals surface area contributed by atoms with Crippen LogP contribution in [0.2, 0.25) is 5.15 Å². The normalized spacial score (nSPS) is 35.9. The molecule has 1 saturated heterocycles. The summed E-state index contributed by atoms with van der Waals surface area (Å²) in [5, 5.41) is 0.314. The van der Waals surface area contributed by atoms with Crippen molar-refractivity contribution in [1.82, 2.24) is 19.5 Å². The third-order valence-electron chi connectivity index (χ3n) is 5.77. The molecule has 2 aliphatic carbocycles. The van der Waals surface area contributed by atoms with Gasteiger partial charge in [0.15, 0.2) is 20.4 Å². The summed E-state index contributed by atoms with van der Waals surface area (Å²) in [6.07, 6.45) is 1.77. The number of nitrogens with zero attached hydrogens (tertiary/aromatic N) is 4. The maximum atomic E-state index is 12.8. The van der Waals surface area contributed by atoms with Crippen LogP contribution >= 0.6 is 34.2 Å². The van der Waals surface area contributed by atoms with Gasteiger partial charge in [0, 0.05) is 28.5 Å². The molecule has 0 amide bonds. The highest BCUT2D eigenvalue weighted by Gasteiger charge is 2.80. The number of aromatic nitrogens is 4. The molecular weight excluding hydrogens is 487 g/mol. The molecule has 2 aromatic heterocycles. The highest BCUT2D eigenvalue weighted by atomic mass is 127. The van der Waals surface area contributed by atoms with Crippen LogP contribution in [0.15, 0.2) is 6.33 Å². The first-order chi connectivity index (χ1) is 12.8. The summed E-state index contributed by atoms with van der Waals surface area (Å²) < 4.78 is 20.3. The van der Waals surface area contributed by atoms with Crippen molar-refractivity contribution in [3.8, 4) is 0 Å². The molecule has 0 bridgehead atoms. The van der Waals surface area contributed by atoms with E-state index in [4.69, 9.17) is 25.8 Å². The van der Waals surface area contributed by atoms with Gasteiger partial charge in [0.05, 0.1) is 19.0 Å². The van der Waals surface area contributed by atoms with Crippen molar-refractivity contribution in [1.29, 1.82) is 0 Å². The lowest BCUT2D eigenvalue weighted by molar-refractivity contribution is -0.172. The molecule has 10 heteroatoms. The highest BCUT2D eigenvalue weighted by Crippen LogP contribution is 2.72. The Hall–Kier alpha value is -1.04. The molecule has 0 radical (unpaired) electrons. The fraction of sp³-hybridized carbons (Fsp3) is 0.647. The Morgan fingerprint density at radius 2 is 2.22 bits per heavy atom. The van der Waals surface area contributed by atoms with Gasteiger partial charge in [-0.25, -0.2) is 15.0 Å². The van der Waals surface area contributed by atoms with E-state index in [0.717, 1.165) is 0 Å². The molecular formula is C17H18ClIN4O4. The van der Waals surface area contributed by atoms with Crippen molar-refractivity contribution in [2.75, 3.05) is 6.61 Å². The molecule has 0 spiro atoms. The molecule has 5 atom stereocenters. The van der Waals surface area contributed by atoms with Gasteiger partial charge in [-0.2, -0.15) is 0 Å². The van der Waals surface area contributed by atoms with Crippen LogP contribution in [-0.2, 0) is 19.0 Å². The monoisotopic (exact) mass is 504 g/mol. The second-order valence-corrected chi connectivity index (χ2v) is 9.01. The van der Waals surface area contributed by atoms with Crippen LogP contribution in [0.4, 0.5) is 0 Å². The molecule has 0 N–H and O–H groups in total. The molecule has 0 unspecified atom stereocenters. The molecule has 0 aromatic carbocycles. The predicted molar refractivity (Wildman–Crippen MR) is 103 cm³/mol. The second kappa shape index (κ2) is 5.74. The topological polar surface area (TPSA) is 88.4 Å². The lowest BCUT2D eigenvalue weighted by atomic mass is 9.99. The number of fused-ring (bicyclic) bond motifs is 4. The fourth-order valence-corrected chi connectivity index (χ4v) is 5.59. The van der Waals surface area contributed by atoms with E-state index in [-0.39, 0.29) is 30.1 Å². The van der Waals surface area contributed by atoms with Crippen molar-refractivity contribution in [3.05, 3.63) is 15.3 Å². The first kappa shape index (κ1) is 18.0. The number of carbonyl (C=O) groups is 1. The molecule has 8 nitrogen and oxygen atoms in total. The molecule has 5 rings (SSSR count). The molecule has 27 heavy (non-hydrogen) atoms. The van der Waals surface area contributed by atoms with E-state index in [9.17, 15) is 4.79 Å². The maximum Gasteiger partial charge on any atom is 0.315 e. The third kappa shape index (κ3) is 2.41. The smallest absolute Gasteiger partial charge is 0.315 e. The number of imidazole rings is 1. The number of carbonyl (C=O) groups excluding carboxylic acids is 1. The van der Waals surface area contributed by atoms with Crippen LogP contribution in [0.1, 0.15) is 33.2 Å². The van der Waals surface area contributed by atoms with Crippen molar-refractivity contribution >= 4 is 51.3 Å². The van der Waals surface area contributed by atoms with E-state index in [1.807, 2.05) is 47.9 Å². The van der Waals surface area contributed by atoms with E-state index >= 15 is 0 Å². The van der Waals surface area contributed by atoms with Crippen molar-refractivity contribution in [3.63, 3.8) is 0 Å². The van der Waals surface area contributed by atoms with E-state index in [2.05, 4.69) is 15.0 Å². The van der Waals surface area contributed by atoms with Gasteiger partial charge < -0.3 is 18.8 Å². The van der Waals surface area contributed by atoms with Crippen LogP contribution in [0, 0.1) is 15.2 Å². The van der Waals surface area contributed by atoms with Gasteiger partial charge in [0.2, 0.25) is 0 Å². The van der Waals surface area contributed by atoms with Gasteiger partial charge in [-0.15, -0.1) is 0 Å². The zero-order valence-corrected chi connectivity index (χ0v) is 17.9. The van der Waals surface area contributed by atoms with E-state index in [1.165, 1.54) is 0 Å². The van der Waals surface area contributed by atoms with Gasteiger partial charge in [-0.05, 0) is 27.2 Å². The number of halogens is 2. The summed E-state index contributed by atoms with van der Waals surface area (Å²) >= 11 is 8.27. The van der Waals surface area contributed by atoms with Crippen LogP contribution < -0.4 is 0 Å². The average molecular weight is 505 g/mol. The number of hydrogen-bond acceptors (Lipinski definition) is 7. The van der Waals surface area contributed by atoms with E-state index in [1.54, 1.807) is 6.33 Å². The minimum absolute atomic E-state index is 0.0476. The number of hydrogen-bond donors (Lipinski definition) is 0. The summed E-state index contributed by atoms with van der Waals surface area (Å²) in [5.74, 6) is -0.926. The van der Waals surface area contributed by atoms with E-state index in [0.29, 0.717) is 33.2 Å². The van der Waals surface area contributed by atoms with Gasteiger partial charge in [0.1, 0.15) is 23.1 Å². The molecule has 144 valence electrons. The van der Waals surface area contributed by atoms with Crippen molar-refractivity contribution in [2.45, 2.75) is 51.2 Å². The molecule has 3 heterocycles.